The highest BCUT2D eigenvalue weighted by Crippen LogP contribution is 2.26. The van der Waals surface area contributed by atoms with Crippen LogP contribution in [0.4, 0.5) is 28.7 Å². The van der Waals surface area contributed by atoms with E-state index in [1.165, 1.54) is 12.0 Å². The maximum Gasteiger partial charge on any atom is 0.227 e. The number of rotatable bonds is 6. The first-order valence-corrected chi connectivity index (χ1v) is 10.9. The quantitative estimate of drug-likeness (QED) is 0.453. The zero-order valence-corrected chi connectivity index (χ0v) is 18.1. The lowest BCUT2D eigenvalue weighted by atomic mass is 9.88. The number of hydrogen-bond acceptors (Lipinski definition) is 5. The number of hydrogen-bond donors (Lipinski definition) is 3. The molecule has 0 saturated heterocycles. The fourth-order valence-electron chi connectivity index (χ4n) is 3.87. The van der Waals surface area contributed by atoms with Crippen molar-refractivity contribution in [2.75, 3.05) is 16.0 Å². The van der Waals surface area contributed by atoms with E-state index in [9.17, 15) is 4.79 Å². The molecule has 2 aromatic carbocycles. The van der Waals surface area contributed by atoms with Crippen molar-refractivity contribution in [3.63, 3.8) is 0 Å². The maximum atomic E-state index is 12.4. The molecule has 1 fully saturated rings. The smallest absolute Gasteiger partial charge is 0.227 e. The van der Waals surface area contributed by atoms with E-state index in [0.717, 1.165) is 48.6 Å². The summed E-state index contributed by atoms with van der Waals surface area (Å²) in [6, 6.07) is 17.8. The van der Waals surface area contributed by atoms with Crippen molar-refractivity contribution in [1.29, 1.82) is 0 Å². The molecule has 160 valence electrons. The van der Waals surface area contributed by atoms with Crippen LogP contribution in [0.25, 0.3) is 0 Å². The second-order valence-electron chi connectivity index (χ2n) is 8.20. The Bertz CT molecular complexity index is 1020. The van der Waals surface area contributed by atoms with E-state index in [-0.39, 0.29) is 11.8 Å². The molecular formula is C25H29N5O. The number of carbonyl (C=O) groups excluding carboxylic acids is 1. The van der Waals surface area contributed by atoms with Gasteiger partial charge in [0.05, 0.1) is 0 Å². The molecule has 0 radical (unpaired) electrons. The van der Waals surface area contributed by atoms with Crippen molar-refractivity contribution in [3.05, 3.63) is 66.0 Å². The summed E-state index contributed by atoms with van der Waals surface area (Å²) < 4.78 is 0. The Balaban J connectivity index is 1.39. The Kier molecular flexibility index (Phi) is 6.46. The lowest BCUT2D eigenvalue weighted by Gasteiger charge is -2.20. The molecule has 1 heterocycles. The SMILES string of the molecule is Cc1ccc(Nc2cc(Nc3ccc(NC(=O)C4CCCCC4)cc3)nc(C)n2)cc1. The normalized spacial score (nSPS) is 14.1. The number of benzene rings is 2. The molecule has 1 aliphatic carbocycles. The number of nitrogens with zero attached hydrogens (tertiary/aromatic N) is 2. The summed E-state index contributed by atoms with van der Waals surface area (Å²) in [5, 5.41) is 9.69. The molecule has 1 aromatic heterocycles. The number of anilines is 5. The molecule has 3 N–H and O–H groups in total. The molecule has 0 bridgehead atoms. The van der Waals surface area contributed by atoms with Crippen molar-refractivity contribution in [3.8, 4) is 0 Å². The summed E-state index contributed by atoms with van der Waals surface area (Å²) in [6.45, 7) is 3.93. The Hall–Kier alpha value is -3.41. The minimum atomic E-state index is 0.138. The first-order valence-electron chi connectivity index (χ1n) is 10.9. The van der Waals surface area contributed by atoms with Gasteiger partial charge in [-0.2, -0.15) is 0 Å². The predicted molar refractivity (Wildman–Crippen MR) is 126 cm³/mol. The number of amides is 1. The van der Waals surface area contributed by atoms with E-state index >= 15 is 0 Å². The monoisotopic (exact) mass is 415 g/mol. The summed E-state index contributed by atoms with van der Waals surface area (Å²) in [7, 11) is 0. The molecule has 1 saturated carbocycles. The predicted octanol–water partition coefficient (Wildman–Crippen LogP) is 6.10. The lowest BCUT2D eigenvalue weighted by molar-refractivity contribution is -0.120. The highest BCUT2D eigenvalue weighted by molar-refractivity contribution is 5.92. The molecule has 1 aliphatic rings. The second kappa shape index (κ2) is 9.60. The van der Waals surface area contributed by atoms with Crippen LogP contribution in [0.3, 0.4) is 0 Å². The topological polar surface area (TPSA) is 78.9 Å². The molecule has 3 aromatic rings. The molecule has 31 heavy (non-hydrogen) atoms. The maximum absolute atomic E-state index is 12.4. The van der Waals surface area contributed by atoms with Gasteiger partial charge >= 0.3 is 0 Å². The van der Waals surface area contributed by atoms with E-state index in [1.54, 1.807) is 0 Å². The Morgan fingerprint density at radius 1 is 0.774 bits per heavy atom. The molecule has 6 heteroatoms. The zero-order valence-electron chi connectivity index (χ0n) is 18.1. The van der Waals surface area contributed by atoms with Crippen LogP contribution in [0.5, 0.6) is 0 Å². The molecule has 0 unspecified atom stereocenters. The van der Waals surface area contributed by atoms with Crippen molar-refractivity contribution in [2.24, 2.45) is 5.92 Å². The third-order valence-corrected chi connectivity index (χ3v) is 5.56. The van der Waals surface area contributed by atoms with E-state index in [1.807, 2.05) is 49.4 Å². The molecule has 0 spiro atoms. The van der Waals surface area contributed by atoms with Crippen LogP contribution in [-0.4, -0.2) is 15.9 Å². The average molecular weight is 416 g/mol. The van der Waals surface area contributed by atoms with Gasteiger partial charge in [0.1, 0.15) is 17.5 Å². The first-order chi connectivity index (χ1) is 15.0. The van der Waals surface area contributed by atoms with Gasteiger partial charge in [0.25, 0.3) is 0 Å². The minimum Gasteiger partial charge on any atom is -0.340 e. The molecule has 6 nitrogen and oxygen atoms in total. The van der Waals surface area contributed by atoms with Gasteiger partial charge < -0.3 is 16.0 Å². The van der Waals surface area contributed by atoms with E-state index in [4.69, 9.17) is 0 Å². The van der Waals surface area contributed by atoms with Crippen LogP contribution >= 0.6 is 0 Å². The summed E-state index contributed by atoms with van der Waals surface area (Å²) in [5.41, 5.74) is 3.91. The van der Waals surface area contributed by atoms with Gasteiger partial charge in [-0.05, 0) is 63.1 Å². The van der Waals surface area contributed by atoms with Crippen molar-refractivity contribution in [2.45, 2.75) is 46.0 Å². The largest absolute Gasteiger partial charge is 0.340 e. The summed E-state index contributed by atoms with van der Waals surface area (Å²) >= 11 is 0. The molecule has 0 aliphatic heterocycles. The van der Waals surface area contributed by atoms with E-state index < -0.39 is 0 Å². The highest BCUT2D eigenvalue weighted by atomic mass is 16.1. The van der Waals surface area contributed by atoms with Crippen LogP contribution in [0.15, 0.2) is 54.6 Å². The number of aromatic nitrogens is 2. The van der Waals surface area contributed by atoms with Crippen LogP contribution in [-0.2, 0) is 4.79 Å². The second-order valence-corrected chi connectivity index (χ2v) is 8.20. The average Bonchev–Trinajstić information content (AvgIpc) is 2.77. The van der Waals surface area contributed by atoms with Crippen LogP contribution < -0.4 is 16.0 Å². The van der Waals surface area contributed by atoms with E-state index in [2.05, 4.69) is 45.0 Å². The Morgan fingerprint density at radius 3 is 1.87 bits per heavy atom. The zero-order chi connectivity index (χ0) is 21.6. The van der Waals surface area contributed by atoms with Gasteiger partial charge in [0, 0.05) is 29.0 Å². The third kappa shape index (κ3) is 5.81. The van der Waals surface area contributed by atoms with Crippen molar-refractivity contribution in [1.82, 2.24) is 9.97 Å². The highest BCUT2D eigenvalue weighted by Gasteiger charge is 2.20. The first kappa shape index (κ1) is 20.8. The van der Waals surface area contributed by atoms with Gasteiger partial charge in [-0.3, -0.25) is 4.79 Å². The van der Waals surface area contributed by atoms with Crippen LogP contribution in [0.1, 0.15) is 43.5 Å². The van der Waals surface area contributed by atoms with Gasteiger partial charge in [0.15, 0.2) is 0 Å². The van der Waals surface area contributed by atoms with Gasteiger partial charge in [-0.15, -0.1) is 0 Å². The number of aryl methyl sites for hydroxylation is 2. The fourth-order valence-corrected chi connectivity index (χ4v) is 3.87. The Morgan fingerprint density at radius 2 is 1.29 bits per heavy atom. The fraction of sp³-hybridized carbons (Fsp3) is 0.320. The summed E-state index contributed by atoms with van der Waals surface area (Å²) in [6.07, 6.45) is 5.55. The van der Waals surface area contributed by atoms with E-state index in [0.29, 0.717) is 11.6 Å². The standard InChI is InChI=1S/C25H29N5O/c1-17-8-10-20(11-9-17)28-23-16-24(27-18(2)26-23)29-21-12-14-22(15-13-21)30-25(31)19-6-4-3-5-7-19/h8-16,19H,3-7H2,1-2H3,(H,30,31)(H2,26,27,28,29). The van der Waals surface area contributed by atoms with Crippen LogP contribution in [0.2, 0.25) is 0 Å². The van der Waals surface area contributed by atoms with Gasteiger partial charge in [-0.25, -0.2) is 9.97 Å². The molecule has 0 atom stereocenters. The van der Waals surface area contributed by atoms with Gasteiger partial charge in [0.2, 0.25) is 5.91 Å². The molecular weight excluding hydrogens is 386 g/mol. The summed E-state index contributed by atoms with van der Waals surface area (Å²) in [5.74, 6) is 2.40. The lowest BCUT2D eigenvalue weighted by Crippen LogP contribution is -2.24. The Labute approximate surface area is 183 Å². The van der Waals surface area contributed by atoms with Gasteiger partial charge in [-0.1, -0.05) is 37.0 Å². The molecule has 1 amide bonds. The number of carbonyl (C=O) groups is 1. The third-order valence-electron chi connectivity index (χ3n) is 5.56. The minimum absolute atomic E-state index is 0.138. The van der Waals surface area contributed by atoms with Crippen molar-refractivity contribution >= 4 is 34.6 Å². The van der Waals surface area contributed by atoms with Crippen molar-refractivity contribution < 1.29 is 4.79 Å². The van der Waals surface area contributed by atoms with Crippen LogP contribution in [0, 0.1) is 19.8 Å². The summed E-state index contributed by atoms with van der Waals surface area (Å²) in [4.78, 5) is 21.4. The number of nitrogens with one attached hydrogen (secondary N) is 3. The molecule has 4 rings (SSSR count).